The predicted octanol–water partition coefficient (Wildman–Crippen LogP) is 3.14. The molecule has 1 heterocycles. The van der Waals surface area contributed by atoms with Crippen LogP contribution in [0.15, 0.2) is 23.6 Å². The lowest BCUT2D eigenvalue weighted by Gasteiger charge is -2.07. The summed E-state index contributed by atoms with van der Waals surface area (Å²) in [4.78, 5) is 4.39. The zero-order chi connectivity index (χ0) is 13.0. The van der Waals surface area contributed by atoms with E-state index in [9.17, 15) is 5.11 Å². The van der Waals surface area contributed by atoms with Crippen LogP contribution in [-0.2, 0) is 13.0 Å². The number of phenolic OH excluding ortho intramolecular Hbond substituents is 1. The van der Waals surface area contributed by atoms with Gasteiger partial charge in [0.15, 0.2) is 0 Å². The molecule has 0 fully saturated rings. The molecule has 0 amide bonds. The van der Waals surface area contributed by atoms with Gasteiger partial charge in [-0.15, -0.1) is 11.3 Å². The number of hydrogen-bond donors (Lipinski definition) is 2. The summed E-state index contributed by atoms with van der Waals surface area (Å²) in [6, 6.07) is 5.38. The standard InChI is InChI=1S/C13H15ClN2OS/c1-9-16-11(8-18-9)5-6-15-7-10-3-2-4-12(14)13(10)17/h2-4,8,15,17H,5-7H2,1H3. The molecular formula is C13H15ClN2OS. The van der Waals surface area contributed by atoms with Crippen molar-refractivity contribution >= 4 is 22.9 Å². The number of benzene rings is 1. The van der Waals surface area contributed by atoms with Crippen molar-refractivity contribution < 1.29 is 5.11 Å². The number of aromatic hydroxyl groups is 1. The lowest BCUT2D eigenvalue weighted by atomic mass is 10.2. The second-order valence-corrected chi connectivity index (χ2v) is 5.50. The molecule has 1 aromatic carbocycles. The molecule has 0 aliphatic rings. The summed E-state index contributed by atoms with van der Waals surface area (Å²) in [5.74, 6) is 0.163. The molecule has 5 heteroatoms. The number of aryl methyl sites for hydroxylation is 1. The van der Waals surface area contributed by atoms with Crippen LogP contribution in [0.25, 0.3) is 0 Å². The lowest BCUT2D eigenvalue weighted by molar-refractivity contribution is 0.465. The third-order valence-corrected chi connectivity index (χ3v) is 3.74. The molecule has 0 radical (unpaired) electrons. The maximum Gasteiger partial charge on any atom is 0.138 e. The van der Waals surface area contributed by atoms with Crippen molar-refractivity contribution in [1.29, 1.82) is 0 Å². The van der Waals surface area contributed by atoms with E-state index in [4.69, 9.17) is 11.6 Å². The van der Waals surface area contributed by atoms with Crippen LogP contribution in [-0.4, -0.2) is 16.6 Å². The quantitative estimate of drug-likeness (QED) is 0.828. The smallest absolute Gasteiger partial charge is 0.138 e. The molecule has 0 atom stereocenters. The van der Waals surface area contributed by atoms with Crippen LogP contribution in [0.3, 0.4) is 0 Å². The monoisotopic (exact) mass is 282 g/mol. The first kappa shape index (κ1) is 13.3. The number of para-hydroxylation sites is 1. The average Bonchev–Trinajstić information content (AvgIpc) is 2.76. The maximum atomic E-state index is 9.73. The number of phenols is 1. The van der Waals surface area contributed by atoms with Gasteiger partial charge in [0.1, 0.15) is 5.75 Å². The Balaban J connectivity index is 1.80. The van der Waals surface area contributed by atoms with Crippen molar-refractivity contribution in [3.05, 3.63) is 44.9 Å². The summed E-state index contributed by atoms with van der Waals surface area (Å²) < 4.78 is 0. The van der Waals surface area contributed by atoms with Gasteiger partial charge in [-0.05, 0) is 13.0 Å². The Bertz CT molecular complexity index is 527. The van der Waals surface area contributed by atoms with E-state index in [0.717, 1.165) is 29.2 Å². The lowest BCUT2D eigenvalue weighted by Crippen LogP contribution is -2.16. The molecule has 0 saturated carbocycles. The molecule has 96 valence electrons. The van der Waals surface area contributed by atoms with Crippen LogP contribution < -0.4 is 5.32 Å². The minimum Gasteiger partial charge on any atom is -0.506 e. The summed E-state index contributed by atoms with van der Waals surface area (Å²) in [6.07, 6.45) is 0.895. The fourth-order valence-electron chi connectivity index (χ4n) is 1.67. The zero-order valence-corrected chi connectivity index (χ0v) is 11.7. The van der Waals surface area contributed by atoms with Gasteiger partial charge in [-0.1, -0.05) is 23.7 Å². The molecule has 0 saturated heterocycles. The van der Waals surface area contributed by atoms with Gasteiger partial charge >= 0.3 is 0 Å². The first-order valence-electron chi connectivity index (χ1n) is 5.75. The van der Waals surface area contributed by atoms with E-state index in [1.54, 1.807) is 17.4 Å². The van der Waals surface area contributed by atoms with Gasteiger partial charge in [0, 0.05) is 30.5 Å². The average molecular weight is 283 g/mol. The summed E-state index contributed by atoms with van der Waals surface area (Å²) in [6.45, 7) is 3.44. The number of halogens is 1. The zero-order valence-electron chi connectivity index (χ0n) is 10.1. The maximum absolute atomic E-state index is 9.73. The van der Waals surface area contributed by atoms with E-state index >= 15 is 0 Å². The molecule has 0 bridgehead atoms. The van der Waals surface area contributed by atoms with Crippen LogP contribution in [0.4, 0.5) is 0 Å². The first-order valence-corrected chi connectivity index (χ1v) is 7.00. The van der Waals surface area contributed by atoms with Crippen molar-refractivity contribution in [2.75, 3.05) is 6.54 Å². The highest BCUT2D eigenvalue weighted by Gasteiger charge is 2.04. The topological polar surface area (TPSA) is 45.2 Å². The summed E-state index contributed by atoms with van der Waals surface area (Å²) in [7, 11) is 0. The fraction of sp³-hybridized carbons (Fsp3) is 0.308. The van der Waals surface area contributed by atoms with Crippen LogP contribution in [0.1, 0.15) is 16.3 Å². The molecule has 0 aliphatic heterocycles. The van der Waals surface area contributed by atoms with Gasteiger partial charge in [-0.25, -0.2) is 4.98 Å². The van der Waals surface area contributed by atoms with E-state index in [0.29, 0.717) is 11.6 Å². The first-order chi connectivity index (χ1) is 8.66. The Kier molecular flexibility index (Phi) is 4.58. The molecule has 2 N–H and O–H groups in total. The number of nitrogens with one attached hydrogen (secondary N) is 1. The Morgan fingerprint density at radius 2 is 2.28 bits per heavy atom. The normalized spacial score (nSPS) is 10.8. The van der Waals surface area contributed by atoms with Crippen molar-refractivity contribution in [2.24, 2.45) is 0 Å². The van der Waals surface area contributed by atoms with Crippen LogP contribution in [0.5, 0.6) is 5.75 Å². The van der Waals surface area contributed by atoms with Crippen molar-refractivity contribution in [3.8, 4) is 5.75 Å². The SMILES string of the molecule is Cc1nc(CCNCc2cccc(Cl)c2O)cs1. The molecule has 0 spiro atoms. The van der Waals surface area contributed by atoms with Gasteiger partial charge in [0.25, 0.3) is 0 Å². The van der Waals surface area contributed by atoms with Gasteiger partial charge in [-0.2, -0.15) is 0 Å². The third kappa shape index (κ3) is 3.45. The van der Waals surface area contributed by atoms with E-state index in [1.807, 2.05) is 19.1 Å². The van der Waals surface area contributed by atoms with Crippen LogP contribution >= 0.6 is 22.9 Å². The van der Waals surface area contributed by atoms with Crippen LogP contribution in [0, 0.1) is 6.92 Å². The number of thiazole rings is 1. The van der Waals surface area contributed by atoms with E-state index in [2.05, 4.69) is 15.7 Å². The minimum absolute atomic E-state index is 0.163. The highest BCUT2D eigenvalue weighted by atomic mass is 35.5. The van der Waals surface area contributed by atoms with Crippen molar-refractivity contribution in [2.45, 2.75) is 19.9 Å². The molecule has 18 heavy (non-hydrogen) atoms. The number of hydrogen-bond acceptors (Lipinski definition) is 4. The Labute approximate surface area is 115 Å². The minimum atomic E-state index is 0.163. The Hall–Kier alpha value is -1.10. The molecule has 0 aliphatic carbocycles. The highest BCUT2D eigenvalue weighted by Crippen LogP contribution is 2.26. The van der Waals surface area contributed by atoms with Crippen molar-refractivity contribution in [1.82, 2.24) is 10.3 Å². The Morgan fingerprint density at radius 3 is 3.00 bits per heavy atom. The largest absolute Gasteiger partial charge is 0.506 e. The Morgan fingerprint density at radius 1 is 1.44 bits per heavy atom. The molecule has 2 rings (SSSR count). The number of nitrogens with zero attached hydrogens (tertiary/aromatic N) is 1. The second-order valence-electron chi connectivity index (χ2n) is 4.03. The van der Waals surface area contributed by atoms with E-state index in [-0.39, 0.29) is 5.75 Å². The van der Waals surface area contributed by atoms with Gasteiger partial charge in [-0.3, -0.25) is 0 Å². The molecule has 2 aromatic rings. The third-order valence-electron chi connectivity index (χ3n) is 2.61. The van der Waals surface area contributed by atoms with Gasteiger partial charge in [0.2, 0.25) is 0 Å². The second kappa shape index (κ2) is 6.18. The molecule has 3 nitrogen and oxygen atoms in total. The highest BCUT2D eigenvalue weighted by molar-refractivity contribution is 7.09. The summed E-state index contributed by atoms with van der Waals surface area (Å²) in [5, 5.41) is 16.6. The van der Waals surface area contributed by atoms with Crippen molar-refractivity contribution in [3.63, 3.8) is 0 Å². The van der Waals surface area contributed by atoms with Gasteiger partial charge < -0.3 is 10.4 Å². The van der Waals surface area contributed by atoms with Gasteiger partial charge in [0.05, 0.1) is 15.7 Å². The number of aromatic nitrogens is 1. The van der Waals surface area contributed by atoms with E-state index in [1.165, 1.54) is 0 Å². The molecular weight excluding hydrogens is 268 g/mol. The van der Waals surface area contributed by atoms with Crippen LogP contribution in [0.2, 0.25) is 5.02 Å². The molecule has 1 aromatic heterocycles. The summed E-state index contributed by atoms with van der Waals surface area (Å²) in [5.41, 5.74) is 1.93. The number of rotatable bonds is 5. The predicted molar refractivity (Wildman–Crippen MR) is 75.4 cm³/mol. The molecule has 0 unspecified atom stereocenters. The fourth-order valence-corrected chi connectivity index (χ4v) is 2.51. The van der Waals surface area contributed by atoms with E-state index < -0.39 is 0 Å². The summed E-state index contributed by atoms with van der Waals surface area (Å²) >= 11 is 7.51.